The molecule has 17 nitrogen and oxygen atoms in total. The van der Waals surface area contributed by atoms with Crippen LogP contribution in [0.3, 0.4) is 0 Å². The number of ether oxygens (including phenoxy) is 2. The fourth-order valence-electron chi connectivity index (χ4n) is 6.69. The van der Waals surface area contributed by atoms with Gasteiger partial charge in [-0.25, -0.2) is 24.0 Å². The first-order chi connectivity index (χ1) is 32.7. The number of benzene rings is 6. The lowest BCUT2D eigenvalue weighted by Crippen LogP contribution is -2.38. The second-order valence-electron chi connectivity index (χ2n) is 15.9. The van der Waals surface area contributed by atoms with Crippen LogP contribution in [0.15, 0.2) is 146 Å². The van der Waals surface area contributed by atoms with Crippen LogP contribution in [0.1, 0.15) is 36.5 Å². The van der Waals surface area contributed by atoms with Crippen molar-refractivity contribution in [1.29, 1.82) is 0 Å². The van der Waals surface area contributed by atoms with E-state index in [2.05, 4.69) is 47.9 Å². The van der Waals surface area contributed by atoms with Gasteiger partial charge in [-0.05, 0) is 117 Å². The first kappa shape index (κ1) is 48.6. The Bertz CT molecular complexity index is 2620. The largest absolute Gasteiger partial charge is 0.449 e. The van der Waals surface area contributed by atoms with Crippen LogP contribution in [-0.4, -0.2) is 49.4 Å². The molecule has 0 spiro atoms. The zero-order valence-electron chi connectivity index (χ0n) is 38.0. The van der Waals surface area contributed by atoms with Crippen molar-refractivity contribution in [3.63, 3.8) is 0 Å². The summed E-state index contributed by atoms with van der Waals surface area (Å²) in [6, 6.07) is 40.3. The van der Waals surface area contributed by atoms with E-state index in [0.717, 1.165) is 0 Å². The summed E-state index contributed by atoms with van der Waals surface area (Å²) < 4.78 is 11.5. The highest BCUT2D eigenvalue weighted by Crippen LogP contribution is 2.31. The first-order valence-electron chi connectivity index (χ1n) is 21.6. The van der Waals surface area contributed by atoms with Crippen LogP contribution >= 0.6 is 0 Å². The molecule has 9 amide bonds. The van der Waals surface area contributed by atoms with Crippen LogP contribution in [0.2, 0.25) is 0 Å². The van der Waals surface area contributed by atoms with E-state index in [4.69, 9.17) is 9.47 Å². The average molecular weight is 920 g/mol. The summed E-state index contributed by atoms with van der Waals surface area (Å²) in [6.45, 7) is 6.39. The number of aryl methyl sites for hydroxylation is 3. The van der Waals surface area contributed by atoms with Crippen molar-refractivity contribution in [2.45, 2.75) is 40.5 Å². The van der Waals surface area contributed by atoms with E-state index in [-0.39, 0.29) is 26.1 Å². The number of rotatable bonds is 16. The number of hydrogen-bond donors (Lipinski definition) is 9. The molecule has 6 rings (SSSR count). The van der Waals surface area contributed by atoms with Crippen molar-refractivity contribution in [3.05, 3.63) is 162 Å². The number of anilines is 9. The molecule has 68 heavy (non-hydrogen) atoms. The lowest BCUT2D eigenvalue weighted by molar-refractivity contribution is -0.120. The van der Waals surface area contributed by atoms with E-state index in [1.807, 2.05) is 18.2 Å². The summed E-state index contributed by atoms with van der Waals surface area (Å²) >= 11 is 0. The zero-order chi connectivity index (χ0) is 48.5. The number of urea groups is 3. The Morgan fingerprint density at radius 1 is 0.397 bits per heavy atom. The molecule has 0 aromatic heterocycles. The van der Waals surface area contributed by atoms with Crippen LogP contribution < -0.4 is 47.9 Å². The van der Waals surface area contributed by atoms with Crippen LogP contribution in [0.4, 0.5) is 75.2 Å². The smallest absolute Gasteiger partial charge is 0.411 e. The summed E-state index contributed by atoms with van der Waals surface area (Å²) in [5.41, 5.74) is 4.94. The monoisotopic (exact) mass is 919 g/mol. The number of carbonyl (C=O) groups is 6. The lowest BCUT2D eigenvalue weighted by Gasteiger charge is -2.31. The van der Waals surface area contributed by atoms with Crippen molar-refractivity contribution in [2.75, 3.05) is 61.1 Å². The van der Waals surface area contributed by atoms with Crippen LogP contribution in [0.5, 0.6) is 0 Å². The predicted molar refractivity (Wildman–Crippen MR) is 267 cm³/mol. The Morgan fingerprint density at radius 2 is 0.706 bits per heavy atom. The molecule has 0 bridgehead atoms. The lowest BCUT2D eigenvalue weighted by atomic mass is 9.83. The minimum Gasteiger partial charge on any atom is -0.449 e. The van der Waals surface area contributed by atoms with E-state index in [1.54, 1.807) is 155 Å². The zero-order valence-corrected chi connectivity index (χ0v) is 38.0. The number of hydrogen-bond acceptors (Lipinski definition) is 8. The summed E-state index contributed by atoms with van der Waals surface area (Å²) in [5.74, 6) is -0.486. The van der Waals surface area contributed by atoms with Gasteiger partial charge in [0.1, 0.15) is 13.2 Å². The molecule has 6 aromatic rings. The molecule has 0 unspecified atom stereocenters. The third-order valence-corrected chi connectivity index (χ3v) is 10.6. The van der Waals surface area contributed by atoms with Crippen molar-refractivity contribution in [1.82, 2.24) is 0 Å². The maximum absolute atomic E-state index is 14.0. The van der Waals surface area contributed by atoms with E-state index in [0.29, 0.717) is 67.9 Å². The number of nitrogens with one attached hydrogen (secondary N) is 9. The molecule has 0 aliphatic carbocycles. The molecule has 0 saturated heterocycles. The summed E-state index contributed by atoms with van der Waals surface area (Å²) in [6.07, 6.45) is -1.77. The fraction of sp³-hybridized carbons (Fsp3) is 0.176. The molecular formula is C51H53N9O8. The Hall–Kier alpha value is -8.86. The minimum atomic E-state index is -1.25. The summed E-state index contributed by atoms with van der Waals surface area (Å²) in [7, 11) is 0. The van der Waals surface area contributed by atoms with Crippen molar-refractivity contribution < 1.29 is 38.2 Å². The molecule has 9 N–H and O–H groups in total. The maximum atomic E-state index is 14.0. The third kappa shape index (κ3) is 14.8. The van der Waals surface area contributed by atoms with Crippen LogP contribution in [-0.2, 0) is 14.3 Å². The van der Waals surface area contributed by atoms with Gasteiger partial charge in [0.15, 0.2) is 0 Å². The normalized spacial score (nSPS) is 10.6. The van der Waals surface area contributed by atoms with Gasteiger partial charge in [-0.2, -0.15) is 0 Å². The second-order valence-corrected chi connectivity index (χ2v) is 15.9. The molecule has 0 aliphatic heterocycles. The van der Waals surface area contributed by atoms with Gasteiger partial charge in [0.05, 0.1) is 0 Å². The van der Waals surface area contributed by atoms with Gasteiger partial charge in [-0.3, -0.25) is 15.4 Å². The van der Waals surface area contributed by atoms with E-state index >= 15 is 0 Å². The molecule has 0 saturated carbocycles. The van der Waals surface area contributed by atoms with Crippen molar-refractivity contribution >= 4 is 87.4 Å². The Balaban J connectivity index is 1.14. The topological polar surface area (TPSA) is 229 Å². The molecule has 0 fully saturated rings. The molecule has 0 heterocycles. The van der Waals surface area contributed by atoms with Gasteiger partial charge in [-0.15, -0.1) is 0 Å². The molecular weight excluding hydrogens is 867 g/mol. The Labute approximate surface area is 393 Å². The molecule has 0 aliphatic rings. The SMILES string of the molecule is CCC(COC(=O)Nc1cc(NC(=O)Nc2ccccc2)ccc1C)(COC(=O)Nc1cc(NC(=O)Nc2ccccc2)ccc1C)CC(=O)Nc1cc(NC(=O)Nc2ccccc2)ccc1C. The molecule has 17 heteroatoms. The molecule has 0 atom stereocenters. The van der Waals surface area contributed by atoms with Crippen LogP contribution in [0.25, 0.3) is 0 Å². The highest BCUT2D eigenvalue weighted by Gasteiger charge is 2.35. The Kier molecular flexibility index (Phi) is 16.7. The van der Waals surface area contributed by atoms with Gasteiger partial charge in [0.2, 0.25) is 5.91 Å². The van der Waals surface area contributed by atoms with Gasteiger partial charge >= 0.3 is 30.3 Å². The van der Waals surface area contributed by atoms with E-state index < -0.39 is 41.6 Å². The summed E-state index contributed by atoms with van der Waals surface area (Å²) in [5, 5.41) is 24.8. The number of carbonyl (C=O) groups excluding carboxylic acids is 6. The molecule has 0 radical (unpaired) electrons. The molecule has 6 aromatic carbocycles. The van der Waals surface area contributed by atoms with Gasteiger partial charge < -0.3 is 46.7 Å². The van der Waals surface area contributed by atoms with Gasteiger partial charge in [-0.1, -0.05) is 79.7 Å². The standard InChI is InChI=1S/C51H53N9O8/c1-5-51(30-45(61)58-42-27-39(24-21-33(42)2)55-46(62)52-36-15-9-6-10-16-36,31-67-49(65)59-43-28-40(25-22-34(43)3)56-47(63)53-37-17-11-7-12-18-37)32-68-50(66)60-44-29-41(26-23-35(44)4)57-48(64)54-38-19-13-8-14-20-38/h6-29H,5,30-32H2,1-4H3,(H,58,61)(H,59,65)(H,60,66)(H2,52,55,62)(H2,53,56,63)(H2,54,57,64). The first-order valence-corrected chi connectivity index (χ1v) is 21.6. The number of para-hydroxylation sites is 3. The van der Waals surface area contributed by atoms with Crippen molar-refractivity contribution in [2.24, 2.45) is 5.41 Å². The highest BCUT2D eigenvalue weighted by molar-refractivity contribution is 6.02. The minimum absolute atomic E-state index is 0.213. The molecule has 350 valence electrons. The van der Waals surface area contributed by atoms with Crippen molar-refractivity contribution in [3.8, 4) is 0 Å². The Morgan fingerprint density at radius 3 is 1.03 bits per heavy atom. The van der Waals surface area contributed by atoms with Crippen LogP contribution in [0, 0.1) is 26.2 Å². The second kappa shape index (κ2) is 23.4. The van der Waals surface area contributed by atoms with Gasteiger partial charge in [0.25, 0.3) is 0 Å². The predicted octanol–water partition coefficient (Wildman–Crippen LogP) is 11.8. The van der Waals surface area contributed by atoms with E-state index in [1.165, 1.54) is 0 Å². The summed E-state index contributed by atoms with van der Waals surface area (Å²) in [4.78, 5) is 79.0. The maximum Gasteiger partial charge on any atom is 0.411 e. The fourth-order valence-corrected chi connectivity index (χ4v) is 6.69. The average Bonchev–Trinajstić information content (AvgIpc) is 3.31. The van der Waals surface area contributed by atoms with E-state index in [9.17, 15) is 28.8 Å². The van der Waals surface area contributed by atoms with Gasteiger partial charge in [0, 0.05) is 63.0 Å². The quantitative estimate of drug-likeness (QED) is 0.0452. The third-order valence-electron chi connectivity index (χ3n) is 10.6. The highest BCUT2D eigenvalue weighted by atomic mass is 16.6. The number of amides is 9.